The van der Waals surface area contributed by atoms with Crippen molar-refractivity contribution in [1.82, 2.24) is 9.78 Å². The van der Waals surface area contributed by atoms with Crippen LogP contribution in [0.4, 0.5) is 5.69 Å². The number of anilines is 1. The molecule has 2 aromatic carbocycles. The number of rotatable bonds is 3. The summed E-state index contributed by atoms with van der Waals surface area (Å²) in [5.41, 5.74) is 1.86. The van der Waals surface area contributed by atoms with Gasteiger partial charge in [0.15, 0.2) is 5.76 Å². The second-order valence-electron chi connectivity index (χ2n) is 7.64. The first kappa shape index (κ1) is 20.3. The zero-order valence-electron chi connectivity index (χ0n) is 17.3. The summed E-state index contributed by atoms with van der Waals surface area (Å²) in [5, 5.41) is 3.05. The minimum Gasteiger partial charge on any atom is -0.422 e. The highest BCUT2D eigenvalue weighted by molar-refractivity contribution is 9.10. The van der Waals surface area contributed by atoms with E-state index in [-0.39, 0.29) is 28.4 Å². The van der Waals surface area contributed by atoms with Crippen LogP contribution in [0.15, 0.2) is 79.1 Å². The largest absolute Gasteiger partial charge is 0.422 e. The number of halogens is 1. The molecule has 7 nitrogen and oxygen atoms in total. The standard InChI is InChI=1S/C24H18BrN3O4/c1-13-20(24(31)28(26-13)17-6-4-3-5-7-17)22-21-14(2)27(16-10-8-15(25)9-11-16)23(30)18(21)12-19(29)32-22/h3-12,14,26H,1-2H3. The molecule has 8 heteroatoms. The number of benzene rings is 2. The molecule has 0 saturated heterocycles. The van der Waals surface area contributed by atoms with Gasteiger partial charge in [0, 0.05) is 27.5 Å². The Labute approximate surface area is 191 Å². The Kier molecular flexibility index (Phi) is 4.74. The quantitative estimate of drug-likeness (QED) is 0.454. The Morgan fingerprint density at radius 3 is 2.34 bits per heavy atom. The molecule has 1 amide bonds. The number of amides is 1. The number of hydrogen-bond donors (Lipinski definition) is 1. The molecule has 1 atom stereocenters. The number of carbonyl (C=O) groups excluding carboxylic acids is 1. The lowest BCUT2D eigenvalue weighted by Crippen LogP contribution is -2.26. The second-order valence-corrected chi connectivity index (χ2v) is 8.55. The number of aromatic nitrogens is 2. The van der Waals surface area contributed by atoms with Crippen molar-refractivity contribution in [2.75, 3.05) is 4.90 Å². The zero-order valence-corrected chi connectivity index (χ0v) is 18.8. The van der Waals surface area contributed by atoms with E-state index in [1.54, 1.807) is 24.0 Å². The molecule has 0 bridgehead atoms. The maximum atomic E-state index is 13.3. The molecule has 160 valence electrons. The van der Waals surface area contributed by atoms with Gasteiger partial charge in [-0.15, -0.1) is 0 Å². The highest BCUT2D eigenvalue weighted by atomic mass is 79.9. The van der Waals surface area contributed by atoms with Gasteiger partial charge in [-0.1, -0.05) is 34.1 Å². The summed E-state index contributed by atoms with van der Waals surface area (Å²) in [5.74, 6) is -0.179. The van der Waals surface area contributed by atoms with E-state index in [4.69, 9.17) is 4.42 Å². The summed E-state index contributed by atoms with van der Waals surface area (Å²) < 4.78 is 7.85. The minimum atomic E-state index is -0.678. The van der Waals surface area contributed by atoms with Crippen molar-refractivity contribution >= 4 is 27.5 Å². The van der Waals surface area contributed by atoms with E-state index in [9.17, 15) is 14.4 Å². The number of hydrogen-bond acceptors (Lipinski definition) is 4. The predicted molar refractivity (Wildman–Crippen MR) is 124 cm³/mol. The maximum Gasteiger partial charge on any atom is 0.337 e. The van der Waals surface area contributed by atoms with Crippen molar-refractivity contribution in [2.45, 2.75) is 19.9 Å². The van der Waals surface area contributed by atoms with Gasteiger partial charge in [0.25, 0.3) is 11.5 Å². The average Bonchev–Trinajstić information content (AvgIpc) is 3.21. The van der Waals surface area contributed by atoms with Crippen LogP contribution >= 0.6 is 15.9 Å². The molecule has 0 aliphatic carbocycles. The summed E-state index contributed by atoms with van der Waals surface area (Å²) >= 11 is 3.40. The fourth-order valence-electron chi connectivity index (χ4n) is 4.23. The molecule has 0 fully saturated rings. The Bertz CT molecular complexity index is 1470. The van der Waals surface area contributed by atoms with Crippen molar-refractivity contribution in [2.24, 2.45) is 0 Å². The lowest BCUT2D eigenvalue weighted by atomic mass is 10.0. The molecule has 4 aromatic rings. The molecule has 2 aromatic heterocycles. The molecular formula is C24H18BrN3O4. The van der Waals surface area contributed by atoms with Crippen molar-refractivity contribution in [1.29, 1.82) is 0 Å². The summed E-state index contributed by atoms with van der Waals surface area (Å²) in [4.78, 5) is 40.6. The van der Waals surface area contributed by atoms with E-state index in [1.807, 2.05) is 49.4 Å². The second kappa shape index (κ2) is 7.49. The third-order valence-corrected chi connectivity index (χ3v) is 6.20. The molecule has 0 radical (unpaired) electrons. The van der Waals surface area contributed by atoms with E-state index in [2.05, 4.69) is 21.0 Å². The molecular weight excluding hydrogens is 474 g/mol. The molecule has 1 unspecified atom stereocenters. The lowest BCUT2D eigenvalue weighted by Gasteiger charge is -2.22. The number of H-pyrrole nitrogens is 1. The van der Waals surface area contributed by atoms with E-state index < -0.39 is 11.7 Å². The summed E-state index contributed by atoms with van der Waals surface area (Å²) in [7, 11) is 0. The lowest BCUT2D eigenvalue weighted by molar-refractivity contribution is 0.0992. The van der Waals surface area contributed by atoms with Crippen LogP contribution in [0.5, 0.6) is 0 Å². The van der Waals surface area contributed by atoms with Crippen LogP contribution in [-0.2, 0) is 0 Å². The van der Waals surface area contributed by atoms with Crippen LogP contribution in [0.2, 0.25) is 0 Å². The molecule has 1 aliphatic heterocycles. The Hall–Kier alpha value is -3.65. The highest BCUT2D eigenvalue weighted by Crippen LogP contribution is 2.41. The molecule has 0 saturated carbocycles. The van der Waals surface area contributed by atoms with Crippen LogP contribution in [-0.4, -0.2) is 15.7 Å². The van der Waals surface area contributed by atoms with E-state index in [1.165, 1.54) is 10.7 Å². The number of nitrogens with one attached hydrogen (secondary N) is 1. The van der Waals surface area contributed by atoms with Gasteiger partial charge < -0.3 is 9.32 Å². The summed E-state index contributed by atoms with van der Waals surface area (Å²) in [6, 6.07) is 17.2. The van der Waals surface area contributed by atoms with Gasteiger partial charge in [0.2, 0.25) is 0 Å². The Balaban J connectivity index is 1.71. The van der Waals surface area contributed by atoms with Crippen LogP contribution in [0, 0.1) is 6.92 Å². The SMILES string of the molecule is Cc1[nH]n(-c2ccccc2)c(=O)c1-c1oc(=O)cc2c1C(C)N(c1ccc(Br)cc1)C2=O. The fraction of sp³-hybridized carbons (Fsp3) is 0.125. The fourth-order valence-corrected chi connectivity index (χ4v) is 4.49. The van der Waals surface area contributed by atoms with Crippen LogP contribution in [0.3, 0.4) is 0 Å². The molecule has 5 rings (SSSR count). The number of aryl methyl sites for hydroxylation is 1. The van der Waals surface area contributed by atoms with Crippen LogP contribution in [0.1, 0.15) is 34.6 Å². The van der Waals surface area contributed by atoms with Crippen LogP contribution in [0.25, 0.3) is 17.0 Å². The normalized spacial score (nSPS) is 15.3. The molecule has 1 N–H and O–H groups in total. The number of carbonyl (C=O) groups is 1. The first-order valence-electron chi connectivity index (χ1n) is 10.0. The van der Waals surface area contributed by atoms with Crippen molar-refractivity contribution in [3.63, 3.8) is 0 Å². The number of fused-ring (bicyclic) bond motifs is 1. The molecule has 1 aliphatic rings. The monoisotopic (exact) mass is 491 g/mol. The van der Waals surface area contributed by atoms with Gasteiger partial charge in [-0.2, -0.15) is 0 Å². The third-order valence-electron chi connectivity index (χ3n) is 5.67. The highest BCUT2D eigenvalue weighted by Gasteiger charge is 2.40. The van der Waals surface area contributed by atoms with Crippen molar-refractivity contribution in [3.05, 3.63) is 103 Å². The van der Waals surface area contributed by atoms with E-state index in [0.717, 1.165) is 4.47 Å². The van der Waals surface area contributed by atoms with Gasteiger partial charge >= 0.3 is 5.63 Å². The summed E-state index contributed by atoms with van der Waals surface area (Å²) in [6.45, 7) is 3.59. The first-order valence-corrected chi connectivity index (χ1v) is 10.8. The van der Waals surface area contributed by atoms with Gasteiger partial charge in [-0.25, -0.2) is 9.48 Å². The zero-order chi connectivity index (χ0) is 22.6. The minimum absolute atomic E-state index is 0.126. The van der Waals surface area contributed by atoms with Crippen LogP contribution < -0.4 is 16.1 Å². The smallest absolute Gasteiger partial charge is 0.337 e. The molecule has 0 spiro atoms. The molecule has 32 heavy (non-hydrogen) atoms. The Morgan fingerprint density at radius 1 is 0.969 bits per heavy atom. The predicted octanol–water partition coefficient (Wildman–Crippen LogP) is 4.58. The van der Waals surface area contributed by atoms with E-state index in [0.29, 0.717) is 22.6 Å². The third kappa shape index (κ3) is 3.06. The first-order chi connectivity index (χ1) is 15.4. The molecule has 3 heterocycles. The number of para-hydroxylation sites is 1. The van der Waals surface area contributed by atoms with Crippen molar-refractivity contribution < 1.29 is 9.21 Å². The van der Waals surface area contributed by atoms with Gasteiger partial charge in [0.05, 0.1) is 17.3 Å². The summed E-state index contributed by atoms with van der Waals surface area (Å²) in [6.07, 6.45) is 0. The van der Waals surface area contributed by atoms with Gasteiger partial charge in [-0.3, -0.25) is 14.7 Å². The van der Waals surface area contributed by atoms with Gasteiger partial charge in [-0.05, 0) is 50.2 Å². The topological polar surface area (TPSA) is 88.3 Å². The van der Waals surface area contributed by atoms with E-state index >= 15 is 0 Å². The Morgan fingerprint density at radius 2 is 1.66 bits per heavy atom. The van der Waals surface area contributed by atoms with Gasteiger partial charge in [0.1, 0.15) is 5.56 Å². The average molecular weight is 492 g/mol. The number of aromatic amines is 1. The maximum absolute atomic E-state index is 13.3. The van der Waals surface area contributed by atoms with Crippen molar-refractivity contribution in [3.8, 4) is 17.0 Å². The number of nitrogens with zero attached hydrogens (tertiary/aromatic N) is 2.